The summed E-state index contributed by atoms with van der Waals surface area (Å²) in [4.78, 5) is 14.6. The third-order valence-electron chi connectivity index (χ3n) is 6.14. The molecule has 1 amide bonds. The number of hydrogen-bond acceptors (Lipinski definition) is 7. The number of amides is 1. The number of rotatable bonds is 7. The Hall–Kier alpha value is -4.51. The second kappa shape index (κ2) is 8.93. The van der Waals surface area contributed by atoms with Gasteiger partial charge in [0.15, 0.2) is 17.3 Å². The molecule has 6 rings (SSSR count). The summed E-state index contributed by atoms with van der Waals surface area (Å²) in [5.41, 5.74) is 4.97. The van der Waals surface area contributed by atoms with Gasteiger partial charge in [-0.15, -0.1) is 0 Å². The molecule has 0 saturated heterocycles. The molecule has 4 heterocycles. The summed E-state index contributed by atoms with van der Waals surface area (Å²) in [6.45, 7) is 1.64. The fraction of sp³-hybridized carbons (Fsp3) is 0.200. The van der Waals surface area contributed by atoms with E-state index in [1.54, 1.807) is 42.5 Å². The number of halogens is 1. The molecule has 36 heavy (non-hydrogen) atoms. The Balaban J connectivity index is 1.20. The lowest BCUT2D eigenvalue weighted by Gasteiger charge is -2.15. The van der Waals surface area contributed by atoms with Gasteiger partial charge in [-0.3, -0.25) is 15.0 Å². The summed E-state index contributed by atoms with van der Waals surface area (Å²) in [6.07, 6.45) is 1.75. The van der Waals surface area contributed by atoms with Crippen molar-refractivity contribution < 1.29 is 23.2 Å². The van der Waals surface area contributed by atoms with Gasteiger partial charge in [-0.25, -0.2) is 4.39 Å². The van der Waals surface area contributed by atoms with Crippen molar-refractivity contribution in [2.75, 3.05) is 20.3 Å². The van der Waals surface area contributed by atoms with Crippen LogP contribution in [0.15, 0.2) is 53.2 Å². The molecule has 3 aromatic heterocycles. The first kappa shape index (κ1) is 22.0. The Labute approximate surface area is 204 Å². The number of carbonyl (C=O) groups is 1. The molecule has 2 N–H and O–H groups in total. The van der Waals surface area contributed by atoms with Crippen molar-refractivity contribution in [2.24, 2.45) is 0 Å². The molecule has 1 aliphatic rings. The number of nitrogens with one attached hydrogen (secondary N) is 2. The van der Waals surface area contributed by atoms with Gasteiger partial charge in [0.05, 0.1) is 30.6 Å². The normalized spacial score (nSPS) is 12.9. The van der Waals surface area contributed by atoms with E-state index in [0.717, 1.165) is 16.8 Å². The van der Waals surface area contributed by atoms with Gasteiger partial charge in [0.2, 0.25) is 0 Å². The Morgan fingerprint density at radius 1 is 1.14 bits per heavy atom. The van der Waals surface area contributed by atoms with E-state index in [0.29, 0.717) is 53.3 Å². The van der Waals surface area contributed by atoms with Crippen LogP contribution in [0.25, 0.3) is 33.6 Å². The van der Waals surface area contributed by atoms with Gasteiger partial charge in [0.25, 0.3) is 5.91 Å². The molecule has 0 spiro atoms. The third-order valence-corrected chi connectivity index (χ3v) is 6.14. The molecule has 5 aromatic rings. The molecule has 0 bridgehead atoms. The Bertz CT molecular complexity index is 1530. The zero-order valence-corrected chi connectivity index (χ0v) is 19.2. The number of benzene rings is 2. The van der Waals surface area contributed by atoms with E-state index in [1.165, 1.54) is 6.07 Å². The van der Waals surface area contributed by atoms with Crippen molar-refractivity contribution in [3.8, 4) is 28.5 Å². The molecule has 182 valence electrons. The first-order valence-corrected chi connectivity index (χ1v) is 11.3. The third kappa shape index (κ3) is 3.89. The van der Waals surface area contributed by atoms with Gasteiger partial charge in [-0.05, 0) is 18.2 Å². The number of aromatic nitrogens is 5. The first-order chi connectivity index (χ1) is 17.6. The molecular weight excluding hydrogens is 467 g/mol. The van der Waals surface area contributed by atoms with Crippen molar-refractivity contribution in [3.63, 3.8) is 0 Å². The van der Waals surface area contributed by atoms with E-state index in [9.17, 15) is 9.18 Å². The van der Waals surface area contributed by atoms with Crippen LogP contribution in [0.5, 0.6) is 5.75 Å². The molecule has 11 heteroatoms. The van der Waals surface area contributed by atoms with E-state index in [4.69, 9.17) is 14.0 Å². The number of nitrogens with zero attached hydrogens (tertiary/aromatic N) is 4. The SMILES string of the molecule is COCCOc1cc2[nH]nc(-c3cc(-c4ccc(C(=O)N5Cc6cn[nH]c6C5)cc4)no3)c2cc1F. The fourth-order valence-corrected chi connectivity index (χ4v) is 4.25. The van der Waals surface area contributed by atoms with Crippen LogP contribution in [0.2, 0.25) is 0 Å². The van der Waals surface area contributed by atoms with Crippen LogP contribution >= 0.6 is 0 Å². The molecule has 0 atom stereocenters. The van der Waals surface area contributed by atoms with E-state index >= 15 is 0 Å². The molecule has 0 unspecified atom stereocenters. The molecule has 1 aliphatic heterocycles. The Kier molecular flexibility index (Phi) is 5.45. The second-order valence-electron chi connectivity index (χ2n) is 8.43. The van der Waals surface area contributed by atoms with Crippen LogP contribution in [0.1, 0.15) is 21.6 Å². The number of aromatic amines is 2. The smallest absolute Gasteiger partial charge is 0.254 e. The number of H-pyrrole nitrogens is 2. The van der Waals surface area contributed by atoms with Crippen LogP contribution in [-0.2, 0) is 17.8 Å². The van der Waals surface area contributed by atoms with Crippen LogP contribution in [0, 0.1) is 5.82 Å². The minimum atomic E-state index is -0.511. The maximum absolute atomic E-state index is 14.6. The maximum Gasteiger partial charge on any atom is 0.254 e. The Morgan fingerprint density at radius 3 is 2.81 bits per heavy atom. The average Bonchev–Trinajstić information content (AvgIpc) is 3.67. The lowest BCUT2D eigenvalue weighted by Crippen LogP contribution is -2.25. The topological polar surface area (TPSA) is 122 Å². The lowest BCUT2D eigenvalue weighted by atomic mass is 10.1. The minimum Gasteiger partial charge on any atom is -0.488 e. The maximum atomic E-state index is 14.6. The predicted octanol–water partition coefficient (Wildman–Crippen LogP) is 3.93. The molecule has 0 radical (unpaired) electrons. The highest BCUT2D eigenvalue weighted by Crippen LogP contribution is 2.33. The van der Waals surface area contributed by atoms with Crippen molar-refractivity contribution in [3.05, 3.63) is 71.3 Å². The van der Waals surface area contributed by atoms with Crippen LogP contribution < -0.4 is 4.74 Å². The quantitative estimate of drug-likeness (QED) is 0.333. The number of fused-ring (bicyclic) bond motifs is 2. The van der Waals surface area contributed by atoms with Crippen molar-refractivity contribution in [1.82, 2.24) is 30.5 Å². The highest BCUT2D eigenvalue weighted by Gasteiger charge is 2.26. The molecule has 0 saturated carbocycles. The summed E-state index contributed by atoms with van der Waals surface area (Å²) in [5, 5.41) is 18.8. The average molecular weight is 488 g/mol. The summed E-state index contributed by atoms with van der Waals surface area (Å²) >= 11 is 0. The number of ether oxygens (including phenoxy) is 2. The highest BCUT2D eigenvalue weighted by molar-refractivity contribution is 5.95. The van der Waals surface area contributed by atoms with Gasteiger partial charge in [0.1, 0.15) is 18.0 Å². The summed E-state index contributed by atoms with van der Waals surface area (Å²) in [5.74, 6) is -0.0673. The number of hydrogen-bond donors (Lipinski definition) is 2. The fourth-order valence-electron chi connectivity index (χ4n) is 4.25. The zero-order valence-electron chi connectivity index (χ0n) is 19.2. The van der Waals surface area contributed by atoms with Gasteiger partial charge in [-0.1, -0.05) is 17.3 Å². The number of methoxy groups -OCH3 is 1. The lowest BCUT2D eigenvalue weighted by molar-refractivity contribution is 0.0749. The van der Waals surface area contributed by atoms with Gasteiger partial charge < -0.3 is 18.9 Å². The number of carbonyl (C=O) groups excluding carboxylic acids is 1. The van der Waals surface area contributed by atoms with Crippen molar-refractivity contribution in [1.29, 1.82) is 0 Å². The monoisotopic (exact) mass is 488 g/mol. The van der Waals surface area contributed by atoms with E-state index in [1.807, 2.05) is 12.1 Å². The molecule has 0 fully saturated rings. The van der Waals surface area contributed by atoms with Crippen LogP contribution in [0.4, 0.5) is 4.39 Å². The van der Waals surface area contributed by atoms with Gasteiger partial charge >= 0.3 is 0 Å². The second-order valence-corrected chi connectivity index (χ2v) is 8.43. The molecule has 2 aromatic carbocycles. The minimum absolute atomic E-state index is 0.0532. The highest BCUT2D eigenvalue weighted by atomic mass is 19.1. The molecule has 10 nitrogen and oxygen atoms in total. The van der Waals surface area contributed by atoms with Gasteiger partial charge in [0, 0.05) is 47.9 Å². The van der Waals surface area contributed by atoms with E-state index in [2.05, 4.69) is 25.6 Å². The van der Waals surface area contributed by atoms with E-state index < -0.39 is 5.82 Å². The largest absolute Gasteiger partial charge is 0.488 e. The van der Waals surface area contributed by atoms with Crippen LogP contribution in [-0.4, -0.2) is 56.7 Å². The molecule has 0 aliphatic carbocycles. The predicted molar refractivity (Wildman–Crippen MR) is 127 cm³/mol. The van der Waals surface area contributed by atoms with Crippen molar-refractivity contribution >= 4 is 16.8 Å². The summed E-state index contributed by atoms with van der Waals surface area (Å²) in [7, 11) is 1.55. The Morgan fingerprint density at radius 2 is 2.00 bits per heavy atom. The van der Waals surface area contributed by atoms with Gasteiger partial charge in [-0.2, -0.15) is 10.2 Å². The zero-order chi connectivity index (χ0) is 24.6. The van der Waals surface area contributed by atoms with Crippen LogP contribution in [0.3, 0.4) is 0 Å². The van der Waals surface area contributed by atoms with E-state index in [-0.39, 0.29) is 18.3 Å². The summed E-state index contributed by atoms with van der Waals surface area (Å²) < 4.78 is 30.4. The first-order valence-electron chi connectivity index (χ1n) is 11.3. The summed E-state index contributed by atoms with van der Waals surface area (Å²) in [6, 6.07) is 11.8. The standard InChI is InChI=1S/C25H21FN6O4/c1-34-6-7-35-22-10-20-17(8-18(22)26)24(30-29-20)23-9-19(31-36-23)14-2-4-15(5-3-14)25(33)32-12-16-11-27-28-21(16)13-32/h2-5,8-11H,6-7,12-13H2,1H3,(H,27,28)(H,29,30). The molecular formula is C25H21FN6O4. The van der Waals surface area contributed by atoms with Crippen molar-refractivity contribution in [2.45, 2.75) is 13.1 Å².